The molecule has 1 N–H and O–H groups in total. The number of methoxy groups -OCH3 is 1. The van der Waals surface area contributed by atoms with E-state index >= 15 is 0 Å². The number of amides is 1. The predicted molar refractivity (Wildman–Crippen MR) is 82.5 cm³/mol. The molecule has 2 rings (SSSR count). The molecule has 0 saturated heterocycles. The van der Waals surface area contributed by atoms with Gasteiger partial charge in [0.2, 0.25) is 0 Å². The van der Waals surface area contributed by atoms with Crippen molar-refractivity contribution in [2.75, 3.05) is 12.4 Å². The molecule has 108 valence electrons. The van der Waals surface area contributed by atoms with Crippen LogP contribution in [0.25, 0.3) is 0 Å². The van der Waals surface area contributed by atoms with Crippen LogP contribution >= 0.6 is 11.6 Å². The summed E-state index contributed by atoms with van der Waals surface area (Å²) in [6.45, 7) is 1.84. The van der Waals surface area contributed by atoms with Crippen LogP contribution < -0.4 is 10.1 Å². The van der Waals surface area contributed by atoms with E-state index in [1.807, 2.05) is 6.92 Å². The van der Waals surface area contributed by atoms with Crippen LogP contribution in [0.15, 0.2) is 36.4 Å². The van der Waals surface area contributed by atoms with Crippen LogP contribution in [0.1, 0.15) is 26.3 Å². The lowest BCUT2D eigenvalue weighted by Gasteiger charge is -2.12. The number of aldehydes is 1. The fourth-order valence-corrected chi connectivity index (χ4v) is 1.99. The summed E-state index contributed by atoms with van der Waals surface area (Å²) in [5.41, 5.74) is 2.36. The van der Waals surface area contributed by atoms with Gasteiger partial charge in [-0.05, 0) is 30.7 Å². The standard InChI is InChI=1S/C16H14ClNO3/c1-10-7-14(15(21-2)8-13(10)17)18-16(20)12-5-3-11(9-19)4-6-12/h3-9H,1-2H3,(H,18,20). The first-order valence-electron chi connectivity index (χ1n) is 6.26. The molecule has 0 unspecified atom stereocenters. The number of hydrogen-bond donors (Lipinski definition) is 1. The highest BCUT2D eigenvalue weighted by Crippen LogP contribution is 2.31. The molecule has 0 aliphatic rings. The molecule has 21 heavy (non-hydrogen) atoms. The maximum absolute atomic E-state index is 12.2. The second kappa shape index (κ2) is 6.41. The smallest absolute Gasteiger partial charge is 0.255 e. The van der Waals surface area contributed by atoms with E-state index in [1.54, 1.807) is 36.4 Å². The van der Waals surface area contributed by atoms with Crippen LogP contribution in [0.2, 0.25) is 5.02 Å². The van der Waals surface area contributed by atoms with Crippen LogP contribution in [-0.2, 0) is 0 Å². The van der Waals surface area contributed by atoms with Crippen LogP contribution in [0.3, 0.4) is 0 Å². The lowest BCUT2D eigenvalue weighted by atomic mass is 10.1. The van der Waals surface area contributed by atoms with Gasteiger partial charge >= 0.3 is 0 Å². The second-order valence-electron chi connectivity index (χ2n) is 4.50. The number of carbonyl (C=O) groups is 2. The van der Waals surface area contributed by atoms with Crippen molar-refractivity contribution in [2.45, 2.75) is 6.92 Å². The van der Waals surface area contributed by atoms with Crippen molar-refractivity contribution in [1.82, 2.24) is 0 Å². The third-order valence-electron chi connectivity index (χ3n) is 3.04. The number of anilines is 1. The minimum absolute atomic E-state index is 0.285. The molecule has 5 heteroatoms. The Bertz CT molecular complexity index is 681. The Balaban J connectivity index is 2.26. The number of nitrogens with one attached hydrogen (secondary N) is 1. The number of aryl methyl sites for hydroxylation is 1. The molecule has 0 aliphatic heterocycles. The summed E-state index contributed by atoms with van der Waals surface area (Å²) in [6, 6.07) is 9.77. The summed E-state index contributed by atoms with van der Waals surface area (Å²) in [5, 5.41) is 3.34. The van der Waals surface area contributed by atoms with Crippen molar-refractivity contribution in [2.24, 2.45) is 0 Å². The third kappa shape index (κ3) is 3.41. The molecule has 2 aromatic rings. The van der Waals surface area contributed by atoms with Crippen molar-refractivity contribution < 1.29 is 14.3 Å². The van der Waals surface area contributed by atoms with Crippen molar-refractivity contribution in [3.8, 4) is 5.75 Å². The Morgan fingerprint density at radius 3 is 2.48 bits per heavy atom. The van der Waals surface area contributed by atoms with Gasteiger partial charge in [0.25, 0.3) is 5.91 Å². The van der Waals surface area contributed by atoms with E-state index in [4.69, 9.17) is 16.3 Å². The lowest BCUT2D eigenvalue weighted by Crippen LogP contribution is -2.12. The Hall–Kier alpha value is -2.33. The first kappa shape index (κ1) is 15.1. The molecular weight excluding hydrogens is 290 g/mol. The number of rotatable bonds is 4. The predicted octanol–water partition coefficient (Wildman–Crippen LogP) is 3.72. The van der Waals surface area contributed by atoms with Crippen molar-refractivity contribution >= 4 is 29.5 Å². The van der Waals surface area contributed by atoms with Gasteiger partial charge in [0, 0.05) is 22.2 Å². The zero-order chi connectivity index (χ0) is 15.4. The molecule has 4 nitrogen and oxygen atoms in total. The average Bonchev–Trinajstić information content (AvgIpc) is 2.50. The largest absolute Gasteiger partial charge is 0.495 e. The number of benzene rings is 2. The summed E-state index contributed by atoms with van der Waals surface area (Å²) in [4.78, 5) is 22.8. The number of ether oxygens (including phenoxy) is 1. The van der Waals surface area contributed by atoms with Gasteiger partial charge in [-0.15, -0.1) is 0 Å². The zero-order valence-electron chi connectivity index (χ0n) is 11.6. The maximum atomic E-state index is 12.2. The Kier molecular flexibility index (Phi) is 4.60. The summed E-state index contributed by atoms with van der Waals surface area (Å²) in [7, 11) is 1.51. The quantitative estimate of drug-likeness (QED) is 0.876. The fourth-order valence-electron chi connectivity index (χ4n) is 1.84. The highest BCUT2D eigenvalue weighted by atomic mass is 35.5. The summed E-state index contributed by atoms with van der Waals surface area (Å²) in [6.07, 6.45) is 0.729. The minimum Gasteiger partial charge on any atom is -0.495 e. The maximum Gasteiger partial charge on any atom is 0.255 e. The average molecular weight is 304 g/mol. The highest BCUT2D eigenvalue weighted by molar-refractivity contribution is 6.31. The van der Waals surface area contributed by atoms with E-state index < -0.39 is 0 Å². The van der Waals surface area contributed by atoms with Gasteiger partial charge in [-0.3, -0.25) is 9.59 Å². The number of hydrogen-bond acceptors (Lipinski definition) is 3. The molecule has 0 aliphatic carbocycles. The van der Waals surface area contributed by atoms with Gasteiger partial charge in [-0.25, -0.2) is 0 Å². The van der Waals surface area contributed by atoms with E-state index in [2.05, 4.69) is 5.32 Å². The topological polar surface area (TPSA) is 55.4 Å². The van der Waals surface area contributed by atoms with E-state index in [0.717, 1.165) is 11.8 Å². The minimum atomic E-state index is -0.285. The van der Waals surface area contributed by atoms with Crippen LogP contribution in [0.5, 0.6) is 5.75 Å². The van der Waals surface area contributed by atoms with Gasteiger partial charge in [0.1, 0.15) is 12.0 Å². The first-order chi connectivity index (χ1) is 10.0. The summed E-state index contributed by atoms with van der Waals surface area (Å²) in [5.74, 6) is 0.205. The van der Waals surface area contributed by atoms with Crippen molar-refractivity contribution in [1.29, 1.82) is 0 Å². The fraction of sp³-hybridized carbons (Fsp3) is 0.125. The number of halogens is 1. The highest BCUT2D eigenvalue weighted by Gasteiger charge is 2.11. The van der Waals surface area contributed by atoms with E-state index in [-0.39, 0.29) is 5.91 Å². The van der Waals surface area contributed by atoms with Crippen LogP contribution in [0, 0.1) is 6.92 Å². The molecule has 0 atom stereocenters. The van der Waals surface area contributed by atoms with Gasteiger partial charge in [0.05, 0.1) is 12.8 Å². The molecule has 0 aromatic heterocycles. The van der Waals surface area contributed by atoms with Crippen molar-refractivity contribution in [3.05, 3.63) is 58.1 Å². The Labute approximate surface area is 127 Å². The van der Waals surface area contributed by atoms with Crippen LogP contribution in [-0.4, -0.2) is 19.3 Å². The van der Waals surface area contributed by atoms with E-state index in [1.165, 1.54) is 7.11 Å². The van der Waals surface area contributed by atoms with E-state index in [0.29, 0.717) is 27.6 Å². The Morgan fingerprint density at radius 1 is 1.24 bits per heavy atom. The lowest BCUT2D eigenvalue weighted by molar-refractivity contribution is 0.102. The van der Waals surface area contributed by atoms with Gasteiger partial charge < -0.3 is 10.1 Å². The molecule has 1 amide bonds. The van der Waals surface area contributed by atoms with Gasteiger partial charge in [-0.1, -0.05) is 23.7 Å². The molecule has 0 spiro atoms. The molecule has 0 radical (unpaired) electrons. The first-order valence-corrected chi connectivity index (χ1v) is 6.63. The molecule has 0 bridgehead atoms. The van der Waals surface area contributed by atoms with Crippen molar-refractivity contribution in [3.63, 3.8) is 0 Å². The molecule has 0 saturated carbocycles. The molecule has 0 heterocycles. The van der Waals surface area contributed by atoms with Gasteiger partial charge in [0.15, 0.2) is 0 Å². The summed E-state index contributed by atoms with van der Waals surface area (Å²) >= 11 is 6.03. The van der Waals surface area contributed by atoms with Crippen LogP contribution in [0.4, 0.5) is 5.69 Å². The molecular formula is C16H14ClNO3. The van der Waals surface area contributed by atoms with E-state index in [9.17, 15) is 9.59 Å². The number of carbonyl (C=O) groups excluding carboxylic acids is 2. The normalized spacial score (nSPS) is 10.0. The van der Waals surface area contributed by atoms with Gasteiger partial charge in [-0.2, -0.15) is 0 Å². The Morgan fingerprint density at radius 2 is 1.90 bits per heavy atom. The molecule has 2 aromatic carbocycles. The second-order valence-corrected chi connectivity index (χ2v) is 4.90. The third-order valence-corrected chi connectivity index (χ3v) is 3.45. The monoisotopic (exact) mass is 303 g/mol. The molecule has 0 fully saturated rings. The zero-order valence-corrected chi connectivity index (χ0v) is 12.4. The summed E-state index contributed by atoms with van der Waals surface area (Å²) < 4.78 is 5.21. The SMILES string of the molecule is COc1cc(Cl)c(C)cc1NC(=O)c1ccc(C=O)cc1.